The Morgan fingerprint density at radius 2 is 1.69 bits per heavy atom. The molecule has 1 N–H and O–H groups in total. The molecule has 1 amide bonds. The predicted molar refractivity (Wildman–Crippen MR) is 120 cm³/mol. The van der Waals surface area contributed by atoms with Crippen LogP contribution in [0.15, 0.2) is 82.3 Å². The van der Waals surface area contributed by atoms with Crippen LogP contribution in [0, 0.1) is 19.7 Å². The molecular formula is C25H22FN3O3. The molecule has 0 radical (unpaired) electrons. The van der Waals surface area contributed by atoms with Crippen LogP contribution in [0.2, 0.25) is 0 Å². The average molecular weight is 431 g/mol. The van der Waals surface area contributed by atoms with Crippen LogP contribution in [0.5, 0.6) is 5.75 Å². The van der Waals surface area contributed by atoms with E-state index >= 15 is 0 Å². The van der Waals surface area contributed by atoms with E-state index in [2.05, 4.69) is 41.1 Å². The highest BCUT2D eigenvalue weighted by Crippen LogP contribution is 2.21. The van der Waals surface area contributed by atoms with Crippen LogP contribution in [0.4, 0.5) is 4.39 Å². The molecule has 0 saturated heterocycles. The minimum absolute atomic E-state index is 0.119. The first kappa shape index (κ1) is 21.1. The molecule has 2 aromatic heterocycles. The third-order valence-corrected chi connectivity index (χ3v) is 4.88. The number of nitrogens with one attached hydrogen (secondary N) is 1. The van der Waals surface area contributed by atoms with Crippen LogP contribution in [0.1, 0.15) is 33.3 Å². The number of carbonyl (C=O) groups excluding carboxylic acids is 1. The highest BCUT2D eigenvalue weighted by Gasteiger charge is 2.11. The van der Waals surface area contributed by atoms with Gasteiger partial charge < -0.3 is 13.7 Å². The van der Waals surface area contributed by atoms with Crippen LogP contribution >= 0.6 is 0 Å². The SMILES string of the molecule is Cc1ccc(C)n1-c1ccc(OCc2ccc(C(=O)NN=Cc3ccc(F)cc3)o2)cc1. The molecule has 0 spiro atoms. The number of hydrogen-bond donors (Lipinski definition) is 1. The van der Waals surface area contributed by atoms with Gasteiger partial charge in [0.05, 0.1) is 6.21 Å². The molecule has 6 nitrogen and oxygen atoms in total. The number of hydrogen-bond acceptors (Lipinski definition) is 4. The molecule has 0 atom stereocenters. The Bertz CT molecular complexity index is 1220. The smallest absolute Gasteiger partial charge is 0.307 e. The number of amides is 1. The Kier molecular flexibility index (Phi) is 6.17. The summed E-state index contributed by atoms with van der Waals surface area (Å²) in [4.78, 5) is 12.2. The van der Waals surface area contributed by atoms with E-state index in [1.165, 1.54) is 29.7 Å². The molecule has 7 heteroatoms. The lowest BCUT2D eigenvalue weighted by molar-refractivity contribution is 0.0923. The van der Waals surface area contributed by atoms with Crippen molar-refractivity contribution >= 4 is 12.1 Å². The molecule has 0 bridgehead atoms. The van der Waals surface area contributed by atoms with Crippen molar-refractivity contribution in [2.24, 2.45) is 5.10 Å². The fourth-order valence-corrected chi connectivity index (χ4v) is 3.27. The van der Waals surface area contributed by atoms with Crippen LogP contribution < -0.4 is 10.2 Å². The van der Waals surface area contributed by atoms with E-state index in [9.17, 15) is 9.18 Å². The number of ether oxygens (including phenoxy) is 1. The molecule has 0 fully saturated rings. The summed E-state index contributed by atoms with van der Waals surface area (Å²) in [5.74, 6) is 0.505. The Morgan fingerprint density at radius 1 is 1.00 bits per heavy atom. The Morgan fingerprint density at radius 3 is 2.38 bits per heavy atom. The molecule has 0 aliphatic heterocycles. The van der Waals surface area contributed by atoms with Crippen molar-refractivity contribution in [3.8, 4) is 11.4 Å². The van der Waals surface area contributed by atoms with Gasteiger partial charge in [-0.2, -0.15) is 5.10 Å². The molecule has 4 rings (SSSR count). The van der Waals surface area contributed by atoms with Crippen LogP contribution in [-0.4, -0.2) is 16.7 Å². The number of furan rings is 1. The second kappa shape index (κ2) is 9.34. The van der Waals surface area contributed by atoms with Crippen LogP contribution in [0.25, 0.3) is 5.69 Å². The van der Waals surface area contributed by atoms with Gasteiger partial charge in [0.25, 0.3) is 0 Å². The second-order valence-electron chi connectivity index (χ2n) is 7.25. The summed E-state index contributed by atoms with van der Waals surface area (Å²) in [5, 5.41) is 3.85. The standard InChI is InChI=1S/C25H22FN3O3/c1-17-3-4-18(2)29(17)21-9-11-22(12-10-21)31-16-23-13-14-24(32-23)25(30)28-27-15-19-5-7-20(26)8-6-19/h3-15H,16H2,1-2H3,(H,28,30). The third kappa shape index (κ3) is 4.95. The summed E-state index contributed by atoms with van der Waals surface area (Å²) in [6.07, 6.45) is 1.42. The van der Waals surface area contributed by atoms with Gasteiger partial charge in [-0.15, -0.1) is 0 Å². The van der Waals surface area contributed by atoms with E-state index in [1.807, 2.05) is 24.3 Å². The molecule has 4 aromatic rings. The highest BCUT2D eigenvalue weighted by atomic mass is 19.1. The minimum Gasteiger partial charge on any atom is -0.486 e. The van der Waals surface area contributed by atoms with Gasteiger partial charge in [0.15, 0.2) is 5.76 Å². The number of aryl methyl sites for hydroxylation is 2. The summed E-state index contributed by atoms with van der Waals surface area (Å²) >= 11 is 0. The minimum atomic E-state index is -0.489. The van der Waals surface area contributed by atoms with Gasteiger partial charge in [0.1, 0.15) is 23.9 Å². The molecular weight excluding hydrogens is 409 g/mol. The number of rotatable bonds is 7. The Balaban J connectivity index is 1.31. The number of hydrazone groups is 1. The number of benzene rings is 2. The topological polar surface area (TPSA) is 68.8 Å². The summed E-state index contributed by atoms with van der Waals surface area (Å²) in [5.41, 5.74) is 6.44. The van der Waals surface area contributed by atoms with E-state index < -0.39 is 5.91 Å². The summed E-state index contributed by atoms with van der Waals surface area (Å²) in [6.45, 7) is 4.32. The van der Waals surface area contributed by atoms with E-state index in [0.29, 0.717) is 17.1 Å². The molecule has 0 saturated carbocycles. The monoisotopic (exact) mass is 431 g/mol. The Labute approximate surface area is 184 Å². The number of nitrogens with zero attached hydrogens (tertiary/aromatic N) is 2. The normalized spacial score (nSPS) is 11.1. The molecule has 32 heavy (non-hydrogen) atoms. The van der Waals surface area contributed by atoms with Gasteiger partial charge in [-0.1, -0.05) is 12.1 Å². The quantitative estimate of drug-likeness (QED) is 0.324. The van der Waals surface area contributed by atoms with Crippen LogP contribution in [0.3, 0.4) is 0 Å². The maximum Gasteiger partial charge on any atom is 0.307 e. The van der Waals surface area contributed by atoms with Crippen molar-refractivity contribution in [3.05, 3.63) is 107 Å². The summed E-state index contributed by atoms with van der Waals surface area (Å²) in [7, 11) is 0. The largest absolute Gasteiger partial charge is 0.486 e. The lowest BCUT2D eigenvalue weighted by Gasteiger charge is -2.10. The van der Waals surface area contributed by atoms with Crippen molar-refractivity contribution in [1.29, 1.82) is 0 Å². The Hall–Kier alpha value is -4.13. The average Bonchev–Trinajstić information content (AvgIpc) is 3.40. The fourth-order valence-electron chi connectivity index (χ4n) is 3.27. The second-order valence-corrected chi connectivity index (χ2v) is 7.25. The predicted octanol–water partition coefficient (Wildman–Crippen LogP) is 5.17. The van der Waals surface area contributed by atoms with Crippen molar-refractivity contribution in [2.45, 2.75) is 20.5 Å². The molecule has 0 aliphatic rings. The van der Waals surface area contributed by atoms with E-state index in [1.54, 1.807) is 24.3 Å². The maximum atomic E-state index is 12.9. The summed E-state index contributed by atoms with van der Waals surface area (Å²) < 4.78 is 26.4. The molecule has 162 valence electrons. The molecule has 2 heterocycles. The lowest BCUT2D eigenvalue weighted by Crippen LogP contribution is -2.16. The van der Waals surface area contributed by atoms with Gasteiger partial charge in [0, 0.05) is 17.1 Å². The fraction of sp³-hybridized carbons (Fsp3) is 0.120. The zero-order valence-corrected chi connectivity index (χ0v) is 17.7. The van der Waals surface area contributed by atoms with Gasteiger partial charge in [-0.25, -0.2) is 9.82 Å². The van der Waals surface area contributed by atoms with Gasteiger partial charge in [0.2, 0.25) is 0 Å². The summed E-state index contributed by atoms with van der Waals surface area (Å²) in [6, 6.07) is 20.9. The lowest BCUT2D eigenvalue weighted by atomic mass is 10.2. The zero-order chi connectivity index (χ0) is 22.5. The number of aromatic nitrogens is 1. The first-order valence-electron chi connectivity index (χ1n) is 10.1. The molecule has 0 unspecified atom stereocenters. The van der Waals surface area contributed by atoms with Crippen molar-refractivity contribution in [3.63, 3.8) is 0 Å². The van der Waals surface area contributed by atoms with E-state index in [4.69, 9.17) is 9.15 Å². The van der Waals surface area contributed by atoms with Gasteiger partial charge in [-0.05, 0) is 80.1 Å². The highest BCUT2D eigenvalue weighted by molar-refractivity contribution is 5.92. The van der Waals surface area contributed by atoms with Gasteiger partial charge >= 0.3 is 5.91 Å². The van der Waals surface area contributed by atoms with Gasteiger partial charge in [-0.3, -0.25) is 4.79 Å². The first-order valence-corrected chi connectivity index (χ1v) is 10.1. The van der Waals surface area contributed by atoms with Crippen LogP contribution in [-0.2, 0) is 6.61 Å². The molecule has 0 aliphatic carbocycles. The third-order valence-electron chi connectivity index (χ3n) is 4.88. The van der Waals surface area contributed by atoms with Crippen molar-refractivity contribution in [2.75, 3.05) is 0 Å². The van der Waals surface area contributed by atoms with E-state index in [0.717, 1.165) is 5.69 Å². The van der Waals surface area contributed by atoms with Crippen molar-refractivity contribution < 1.29 is 18.3 Å². The van der Waals surface area contributed by atoms with E-state index in [-0.39, 0.29) is 18.2 Å². The first-order chi connectivity index (χ1) is 15.5. The number of carbonyl (C=O) groups is 1. The molecule has 2 aromatic carbocycles. The zero-order valence-electron chi connectivity index (χ0n) is 17.7. The van der Waals surface area contributed by atoms with Crippen molar-refractivity contribution in [1.82, 2.24) is 9.99 Å². The maximum absolute atomic E-state index is 12.9. The number of halogens is 1.